The van der Waals surface area contributed by atoms with Crippen molar-refractivity contribution >= 4 is 0 Å². The molecule has 1 aromatic rings. The van der Waals surface area contributed by atoms with E-state index in [1.165, 1.54) is 24.0 Å². The maximum absolute atomic E-state index is 5.69. The Labute approximate surface area is 110 Å². The lowest BCUT2D eigenvalue weighted by molar-refractivity contribution is 0.194. The number of nitrogens with zero attached hydrogens (tertiary/aromatic N) is 1. The summed E-state index contributed by atoms with van der Waals surface area (Å²) in [5, 5.41) is 0. The van der Waals surface area contributed by atoms with E-state index in [9.17, 15) is 0 Å². The number of ether oxygens (including phenoxy) is 1. The Balaban J connectivity index is 2.12. The molecule has 0 amide bonds. The molecular weight excluding hydrogens is 224 g/mol. The van der Waals surface area contributed by atoms with Crippen molar-refractivity contribution in [1.29, 1.82) is 0 Å². The van der Waals surface area contributed by atoms with E-state index in [0.29, 0.717) is 6.04 Å². The molecule has 1 aliphatic carbocycles. The monoisotopic (exact) mass is 248 g/mol. The van der Waals surface area contributed by atoms with Gasteiger partial charge in [0.05, 0.1) is 7.11 Å². The average molecular weight is 248 g/mol. The topological polar surface area (TPSA) is 38.5 Å². The minimum atomic E-state index is 0.637. The summed E-state index contributed by atoms with van der Waals surface area (Å²) < 4.78 is 5.32. The zero-order valence-electron chi connectivity index (χ0n) is 11.5. The van der Waals surface area contributed by atoms with Crippen LogP contribution in [0.2, 0.25) is 0 Å². The van der Waals surface area contributed by atoms with E-state index in [2.05, 4.69) is 30.0 Å². The summed E-state index contributed by atoms with van der Waals surface area (Å²) in [5.74, 6) is 0.969. The Morgan fingerprint density at radius 2 is 2.22 bits per heavy atom. The molecule has 1 atom stereocenters. The molecule has 3 heteroatoms. The Kier molecular flexibility index (Phi) is 4.61. The first-order valence-electron chi connectivity index (χ1n) is 6.88. The third-order valence-corrected chi connectivity index (χ3v) is 3.95. The molecule has 0 bridgehead atoms. The fourth-order valence-electron chi connectivity index (χ4n) is 2.92. The normalized spacial score (nSPS) is 18.8. The van der Waals surface area contributed by atoms with Crippen LogP contribution in [0.5, 0.6) is 5.75 Å². The first-order valence-corrected chi connectivity index (χ1v) is 6.88. The van der Waals surface area contributed by atoms with E-state index in [4.69, 9.17) is 10.5 Å². The number of aryl methyl sites for hydroxylation is 1. The number of fused-ring (bicyclic) bond motifs is 1. The van der Waals surface area contributed by atoms with E-state index in [0.717, 1.165) is 31.8 Å². The van der Waals surface area contributed by atoms with Crippen molar-refractivity contribution in [2.45, 2.75) is 32.2 Å². The van der Waals surface area contributed by atoms with Crippen LogP contribution in [-0.4, -0.2) is 37.7 Å². The molecule has 0 spiro atoms. The predicted molar refractivity (Wildman–Crippen MR) is 75.1 cm³/mol. The number of hydrogen-bond donors (Lipinski definition) is 1. The molecular formula is C15H24N2O. The Morgan fingerprint density at radius 3 is 2.89 bits per heavy atom. The SMILES string of the molecule is CCN(CCN)C1CCc2ccc(OC)cc2C1. The summed E-state index contributed by atoms with van der Waals surface area (Å²) in [7, 11) is 1.73. The third kappa shape index (κ3) is 2.85. The molecule has 0 saturated heterocycles. The molecule has 18 heavy (non-hydrogen) atoms. The van der Waals surface area contributed by atoms with Crippen molar-refractivity contribution < 1.29 is 4.74 Å². The van der Waals surface area contributed by atoms with E-state index >= 15 is 0 Å². The molecule has 0 aromatic heterocycles. The van der Waals surface area contributed by atoms with Gasteiger partial charge in [0.1, 0.15) is 5.75 Å². The van der Waals surface area contributed by atoms with Gasteiger partial charge in [-0.2, -0.15) is 0 Å². The highest BCUT2D eigenvalue weighted by atomic mass is 16.5. The zero-order chi connectivity index (χ0) is 13.0. The molecule has 2 N–H and O–H groups in total. The second-order valence-corrected chi connectivity index (χ2v) is 4.95. The lowest BCUT2D eigenvalue weighted by atomic mass is 9.87. The summed E-state index contributed by atoms with van der Waals surface area (Å²) >= 11 is 0. The largest absolute Gasteiger partial charge is 0.497 e. The first kappa shape index (κ1) is 13.4. The van der Waals surface area contributed by atoms with Crippen LogP contribution < -0.4 is 10.5 Å². The summed E-state index contributed by atoms with van der Waals surface area (Å²) in [6.45, 7) is 5.05. The van der Waals surface area contributed by atoms with Crippen LogP contribution in [0.4, 0.5) is 0 Å². The maximum atomic E-state index is 5.69. The minimum absolute atomic E-state index is 0.637. The van der Waals surface area contributed by atoms with Gasteiger partial charge in [-0.25, -0.2) is 0 Å². The molecule has 1 unspecified atom stereocenters. The number of likely N-dealkylation sites (N-methyl/N-ethyl adjacent to an activating group) is 1. The van der Waals surface area contributed by atoms with Crippen molar-refractivity contribution in [3.05, 3.63) is 29.3 Å². The fraction of sp³-hybridized carbons (Fsp3) is 0.600. The average Bonchev–Trinajstić information content (AvgIpc) is 2.43. The van der Waals surface area contributed by atoms with Gasteiger partial charge in [-0.3, -0.25) is 4.90 Å². The van der Waals surface area contributed by atoms with Crippen LogP contribution in [0.3, 0.4) is 0 Å². The fourth-order valence-corrected chi connectivity index (χ4v) is 2.92. The number of methoxy groups -OCH3 is 1. The van der Waals surface area contributed by atoms with Crippen LogP contribution in [-0.2, 0) is 12.8 Å². The van der Waals surface area contributed by atoms with Crippen molar-refractivity contribution in [3.8, 4) is 5.75 Å². The summed E-state index contributed by atoms with van der Waals surface area (Å²) in [5.41, 5.74) is 8.62. The summed E-state index contributed by atoms with van der Waals surface area (Å²) in [6, 6.07) is 7.11. The molecule has 0 radical (unpaired) electrons. The van der Waals surface area contributed by atoms with Gasteiger partial charge >= 0.3 is 0 Å². The lowest BCUT2D eigenvalue weighted by Gasteiger charge is -2.34. The molecule has 2 rings (SSSR count). The highest BCUT2D eigenvalue weighted by Gasteiger charge is 2.23. The highest BCUT2D eigenvalue weighted by Crippen LogP contribution is 2.27. The van der Waals surface area contributed by atoms with Crippen molar-refractivity contribution in [2.24, 2.45) is 5.73 Å². The Morgan fingerprint density at radius 1 is 1.39 bits per heavy atom. The van der Waals surface area contributed by atoms with E-state index in [1.54, 1.807) is 7.11 Å². The summed E-state index contributed by atoms with van der Waals surface area (Å²) in [4.78, 5) is 2.50. The van der Waals surface area contributed by atoms with Crippen molar-refractivity contribution in [2.75, 3.05) is 26.7 Å². The molecule has 100 valence electrons. The standard InChI is InChI=1S/C15H24N2O/c1-3-17(9-8-16)14-6-4-12-5-7-15(18-2)11-13(12)10-14/h5,7,11,14H,3-4,6,8-10,16H2,1-2H3. The van der Waals surface area contributed by atoms with Gasteiger partial charge in [0, 0.05) is 19.1 Å². The first-order chi connectivity index (χ1) is 8.78. The number of hydrogen-bond acceptors (Lipinski definition) is 3. The van der Waals surface area contributed by atoms with Crippen LogP contribution in [0.25, 0.3) is 0 Å². The Hall–Kier alpha value is -1.06. The van der Waals surface area contributed by atoms with E-state index in [-0.39, 0.29) is 0 Å². The molecule has 0 saturated carbocycles. The van der Waals surface area contributed by atoms with Gasteiger partial charge in [-0.15, -0.1) is 0 Å². The molecule has 0 aliphatic heterocycles. The molecule has 1 aromatic carbocycles. The number of benzene rings is 1. The van der Waals surface area contributed by atoms with Crippen molar-refractivity contribution in [1.82, 2.24) is 4.90 Å². The Bertz CT molecular complexity index is 392. The van der Waals surface area contributed by atoms with Gasteiger partial charge in [-0.05, 0) is 49.1 Å². The van der Waals surface area contributed by atoms with Crippen LogP contribution in [0, 0.1) is 0 Å². The van der Waals surface area contributed by atoms with Gasteiger partial charge in [0.2, 0.25) is 0 Å². The summed E-state index contributed by atoms with van der Waals surface area (Å²) in [6.07, 6.45) is 3.54. The number of rotatable bonds is 5. The predicted octanol–water partition coefficient (Wildman–Crippen LogP) is 1.83. The van der Waals surface area contributed by atoms with Crippen LogP contribution in [0.1, 0.15) is 24.5 Å². The van der Waals surface area contributed by atoms with Gasteiger partial charge in [-0.1, -0.05) is 13.0 Å². The maximum Gasteiger partial charge on any atom is 0.119 e. The van der Waals surface area contributed by atoms with Crippen LogP contribution in [0.15, 0.2) is 18.2 Å². The third-order valence-electron chi connectivity index (χ3n) is 3.95. The van der Waals surface area contributed by atoms with Gasteiger partial charge in [0.15, 0.2) is 0 Å². The zero-order valence-corrected chi connectivity index (χ0v) is 11.5. The number of nitrogens with two attached hydrogens (primary N) is 1. The molecule has 3 nitrogen and oxygen atoms in total. The van der Waals surface area contributed by atoms with Crippen LogP contribution >= 0.6 is 0 Å². The molecule has 0 heterocycles. The van der Waals surface area contributed by atoms with E-state index < -0.39 is 0 Å². The minimum Gasteiger partial charge on any atom is -0.497 e. The van der Waals surface area contributed by atoms with Gasteiger partial charge in [0.25, 0.3) is 0 Å². The second kappa shape index (κ2) is 6.21. The molecule has 1 aliphatic rings. The quantitative estimate of drug-likeness (QED) is 0.864. The van der Waals surface area contributed by atoms with E-state index in [1.807, 2.05) is 0 Å². The second-order valence-electron chi connectivity index (χ2n) is 4.95. The van der Waals surface area contributed by atoms with Gasteiger partial charge < -0.3 is 10.5 Å². The molecule has 0 fully saturated rings. The highest BCUT2D eigenvalue weighted by molar-refractivity contribution is 5.37. The lowest BCUT2D eigenvalue weighted by Crippen LogP contribution is -2.41. The van der Waals surface area contributed by atoms with Crippen molar-refractivity contribution in [3.63, 3.8) is 0 Å². The smallest absolute Gasteiger partial charge is 0.119 e.